The Morgan fingerprint density at radius 1 is 1.18 bits per heavy atom. The molecule has 1 aliphatic carbocycles. The summed E-state index contributed by atoms with van der Waals surface area (Å²) in [6.07, 6.45) is 3.99. The number of halogens is 2. The van der Waals surface area contributed by atoms with Gasteiger partial charge in [-0.15, -0.1) is 0 Å². The van der Waals surface area contributed by atoms with Crippen molar-refractivity contribution in [2.45, 2.75) is 31.7 Å². The van der Waals surface area contributed by atoms with Gasteiger partial charge in [0.25, 0.3) is 0 Å². The van der Waals surface area contributed by atoms with E-state index in [2.05, 4.69) is 11.4 Å². The molecule has 0 aliphatic heterocycles. The van der Waals surface area contributed by atoms with E-state index in [9.17, 15) is 0 Å². The molecule has 4 heteroatoms. The fourth-order valence-corrected chi connectivity index (χ4v) is 2.66. The van der Waals surface area contributed by atoms with Crippen LogP contribution in [0.15, 0.2) is 18.2 Å². The van der Waals surface area contributed by atoms with Crippen LogP contribution in [0.25, 0.3) is 0 Å². The predicted octanol–water partition coefficient (Wildman–Crippen LogP) is 4.49. The lowest BCUT2D eigenvalue weighted by Gasteiger charge is -2.26. The van der Waals surface area contributed by atoms with Gasteiger partial charge in [-0.2, -0.15) is 5.26 Å². The molecule has 0 heterocycles. The monoisotopic (exact) mass is 268 g/mol. The van der Waals surface area contributed by atoms with Crippen molar-refractivity contribution in [3.8, 4) is 6.07 Å². The maximum Gasteiger partial charge on any atom is 0.0655 e. The molecule has 0 amide bonds. The first-order valence-corrected chi connectivity index (χ1v) is 6.56. The Morgan fingerprint density at radius 3 is 2.47 bits per heavy atom. The van der Waals surface area contributed by atoms with Crippen molar-refractivity contribution in [2.24, 2.45) is 5.92 Å². The predicted molar refractivity (Wildman–Crippen MR) is 71.4 cm³/mol. The molecule has 1 aromatic rings. The number of benzene rings is 1. The summed E-state index contributed by atoms with van der Waals surface area (Å²) in [6.45, 7) is 0. The zero-order chi connectivity index (χ0) is 12.3. The Balaban J connectivity index is 1.96. The molecule has 2 nitrogen and oxygen atoms in total. The first-order chi connectivity index (χ1) is 8.19. The third-order valence-corrected chi connectivity index (χ3v) is 3.75. The van der Waals surface area contributed by atoms with Crippen LogP contribution in [-0.2, 0) is 0 Å². The van der Waals surface area contributed by atoms with Crippen LogP contribution in [0.2, 0.25) is 10.0 Å². The van der Waals surface area contributed by atoms with Crippen LogP contribution in [0.4, 0.5) is 5.69 Å². The second-order valence-corrected chi connectivity index (χ2v) is 5.29. The van der Waals surface area contributed by atoms with Crippen molar-refractivity contribution >= 4 is 28.9 Å². The molecule has 0 unspecified atom stereocenters. The number of nitriles is 1. The van der Waals surface area contributed by atoms with E-state index in [-0.39, 0.29) is 5.92 Å². The van der Waals surface area contributed by atoms with E-state index in [1.807, 2.05) is 12.1 Å². The average molecular weight is 269 g/mol. The molecule has 1 saturated carbocycles. The number of anilines is 1. The van der Waals surface area contributed by atoms with Crippen LogP contribution in [0, 0.1) is 17.2 Å². The van der Waals surface area contributed by atoms with Crippen LogP contribution in [0.3, 0.4) is 0 Å². The van der Waals surface area contributed by atoms with Crippen LogP contribution < -0.4 is 5.32 Å². The van der Waals surface area contributed by atoms with Gasteiger partial charge < -0.3 is 5.32 Å². The van der Waals surface area contributed by atoms with Crippen LogP contribution >= 0.6 is 23.2 Å². The fourth-order valence-electron chi connectivity index (χ4n) is 2.19. The highest BCUT2D eigenvalue weighted by molar-refractivity contribution is 6.36. The normalized spacial score (nSPS) is 24.1. The molecule has 2 rings (SSSR count). The summed E-state index contributed by atoms with van der Waals surface area (Å²) in [5.74, 6) is 0.230. The summed E-state index contributed by atoms with van der Waals surface area (Å²) < 4.78 is 0. The molecule has 1 N–H and O–H groups in total. The zero-order valence-electron chi connectivity index (χ0n) is 9.42. The molecule has 0 atom stereocenters. The lowest BCUT2D eigenvalue weighted by Crippen LogP contribution is -2.25. The molecule has 0 bridgehead atoms. The van der Waals surface area contributed by atoms with Crippen molar-refractivity contribution in [3.63, 3.8) is 0 Å². The molecular weight excluding hydrogens is 255 g/mol. The van der Waals surface area contributed by atoms with Crippen molar-refractivity contribution in [2.75, 3.05) is 5.32 Å². The Kier molecular flexibility index (Phi) is 4.15. The quantitative estimate of drug-likeness (QED) is 0.858. The summed E-state index contributed by atoms with van der Waals surface area (Å²) in [7, 11) is 0. The smallest absolute Gasteiger partial charge is 0.0655 e. The van der Waals surface area contributed by atoms with Crippen molar-refractivity contribution in [1.29, 1.82) is 5.26 Å². The van der Waals surface area contributed by atoms with Gasteiger partial charge in [0.2, 0.25) is 0 Å². The van der Waals surface area contributed by atoms with E-state index < -0.39 is 0 Å². The summed E-state index contributed by atoms with van der Waals surface area (Å²) in [5.41, 5.74) is 0.927. The molecule has 0 aromatic heterocycles. The largest absolute Gasteiger partial charge is 0.381 e. The first-order valence-electron chi connectivity index (χ1n) is 5.80. The van der Waals surface area contributed by atoms with Gasteiger partial charge in [0.1, 0.15) is 0 Å². The molecule has 0 spiro atoms. The van der Waals surface area contributed by atoms with E-state index in [0.717, 1.165) is 31.4 Å². The number of hydrogen-bond acceptors (Lipinski definition) is 2. The lowest BCUT2D eigenvalue weighted by atomic mass is 9.87. The maximum absolute atomic E-state index is 8.84. The van der Waals surface area contributed by atoms with Gasteiger partial charge in [-0.1, -0.05) is 23.2 Å². The van der Waals surface area contributed by atoms with E-state index >= 15 is 0 Å². The summed E-state index contributed by atoms with van der Waals surface area (Å²) >= 11 is 12.0. The zero-order valence-corrected chi connectivity index (χ0v) is 10.9. The highest BCUT2D eigenvalue weighted by Gasteiger charge is 2.21. The first kappa shape index (κ1) is 12.5. The minimum atomic E-state index is 0.230. The van der Waals surface area contributed by atoms with Gasteiger partial charge in [0.05, 0.1) is 16.8 Å². The van der Waals surface area contributed by atoms with Gasteiger partial charge in [-0.25, -0.2) is 0 Å². The average Bonchev–Trinajstić information content (AvgIpc) is 2.34. The Labute approximate surface area is 112 Å². The van der Waals surface area contributed by atoms with Gasteiger partial charge >= 0.3 is 0 Å². The second kappa shape index (κ2) is 5.62. The third-order valence-electron chi connectivity index (χ3n) is 3.20. The van der Waals surface area contributed by atoms with Gasteiger partial charge in [0, 0.05) is 17.0 Å². The lowest BCUT2D eigenvalue weighted by molar-refractivity contribution is 0.397. The van der Waals surface area contributed by atoms with Crippen LogP contribution in [0.1, 0.15) is 25.7 Å². The van der Waals surface area contributed by atoms with Gasteiger partial charge in [0.15, 0.2) is 0 Å². The molecule has 90 valence electrons. The third kappa shape index (κ3) is 3.28. The highest BCUT2D eigenvalue weighted by Crippen LogP contribution is 2.30. The Hall–Kier alpha value is -0.910. The van der Waals surface area contributed by atoms with Crippen molar-refractivity contribution in [1.82, 2.24) is 0 Å². The topological polar surface area (TPSA) is 35.8 Å². The fraction of sp³-hybridized carbons (Fsp3) is 0.462. The van der Waals surface area contributed by atoms with Crippen LogP contribution in [0.5, 0.6) is 0 Å². The minimum Gasteiger partial charge on any atom is -0.381 e. The molecule has 1 aromatic carbocycles. The minimum absolute atomic E-state index is 0.230. The van der Waals surface area contributed by atoms with E-state index in [0.29, 0.717) is 16.1 Å². The summed E-state index contributed by atoms with van der Waals surface area (Å²) in [5, 5.41) is 13.6. The van der Waals surface area contributed by atoms with Crippen molar-refractivity contribution in [3.05, 3.63) is 28.2 Å². The summed E-state index contributed by atoms with van der Waals surface area (Å²) in [6, 6.07) is 8.23. The number of hydrogen-bond donors (Lipinski definition) is 1. The molecule has 0 saturated heterocycles. The standard InChI is InChI=1S/C13H14Cl2N2/c14-10-3-6-13(12(15)7-10)17-11-4-1-9(8-16)2-5-11/h3,6-7,9,11,17H,1-2,4-5H2. The number of rotatable bonds is 2. The maximum atomic E-state index is 8.84. The van der Waals surface area contributed by atoms with E-state index in [1.165, 1.54) is 0 Å². The van der Waals surface area contributed by atoms with E-state index in [4.69, 9.17) is 28.5 Å². The number of nitrogens with one attached hydrogen (secondary N) is 1. The van der Waals surface area contributed by atoms with E-state index in [1.54, 1.807) is 6.07 Å². The molecular formula is C13H14Cl2N2. The highest BCUT2D eigenvalue weighted by atomic mass is 35.5. The molecule has 17 heavy (non-hydrogen) atoms. The molecule has 0 radical (unpaired) electrons. The van der Waals surface area contributed by atoms with Crippen molar-refractivity contribution < 1.29 is 0 Å². The van der Waals surface area contributed by atoms with Gasteiger partial charge in [-0.05, 0) is 43.9 Å². The molecule has 1 aliphatic rings. The second-order valence-electron chi connectivity index (χ2n) is 4.45. The number of nitrogens with zero attached hydrogens (tertiary/aromatic N) is 1. The SMILES string of the molecule is N#CC1CCC(Nc2ccc(Cl)cc2Cl)CC1. The Bertz CT molecular complexity index is 432. The van der Waals surface area contributed by atoms with Gasteiger partial charge in [-0.3, -0.25) is 0 Å². The summed E-state index contributed by atoms with van der Waals surface area (Å²) in [4.78, 5) is 0. The van der Waals surface area contributed by atoms with Crippen LogP contribution in [-0.4, -0.2) is 6.04 Å². The molecule has 1 fully saturated rings. The Morgan fingerprint density at radius 2 is 1.88 bits per heavy atom.